The molecule has 0 bridgehead atoms. The van der Waals surface area contributed by atoms with Crippen LogP contribution < -0.4 is 5.73 Å². The van der Waals surface area contributed by atoms with Crippen molar-refractivity contribution in [1.29, 1.82) is 0 Å². The highest BCUT2D eigenvalue weighted by atomic mass is 32.1. The van der Waals surface area contributed by atoms with Crippen molar-refractivity contribution in [3.63, 3.8) is 0 Å². The summed E-state index contributed by atoms with van der Waals surface area (Å²) in [5, 5.41) is 4.00. The van der Waals surface area contributed by atoms with Crippen molar-refractivity contribution in [2.45, 2.75) is 0 Å². The normalized spacial score (nSPS) is 9.29. The van der Waals surface area contributed by atoms with Gasteiger partial charge in [-0.2, -0.15) is 11.3 Å². The summed E-state index contributed by atoms with van der Waals surface area (Å²) in [6.45, 7) is 1.59. The second-order valence-corrected chi connectivity index (χ2v) is 2.00. The van der Waals surface area contributed by atoms with Gasteiger partial charge in [-0.15, -0.1) is 0 Å². The second-order valence-electron chi connectivity index (χ2n) is 1.22. The Morgan fingerprint density at radius 2 is 2.57 bits per heavy atom. The van der Waals surface area contributed by atoms with Gasteiger partial charge in [-0.3, -0.25) is 0 Å². The Bertz CT molecular complexity index is 123. The Morgan fingerprint density at radius 1 is 1.71 bits per heavy atom. The maximum absolute atomic E-state index is 5.18. The molecular weight excluding hydrogens is 106 g/mol. The lowest BCUT2D eigenvalue weighted by Gasteiger charge is -1.78. The Labute approximate surface area is 46.8 Å². The van der Waals surface area contributed by atoms with Gasteiger partial charge in [0, 0.05) is 6.54 Å². The van der Waals surface area contributed by atoms with Gasteiger partial charge in [-0.05, 0) is 22.4 Å². The third-order valence-corrected chi connectivity index (χ3v) is 1.44. The van der Waals surface area contributed by atoms with E-state index < -0.39 is 0 Å². The fourth-order valence-corrected chi connectivity index (χ4v) is 0.998. The largest absolute Gasteiger partial charge is 0.322 e. The molecule has 0 atom stereocenters. The number of nitrogens with two attached hydrogens (primary N) is 1. The van der Waals surface area contributed by atoms with E-state index in [0.29, 0.717) is 0 Å². The molecule has 0 saturated heterocycles. The molecule has 1 aromatic rings. The molecule has 0 aliphatic rings. The zero-order valence-electron chi connectivity index (χ0n) is 3.79. The third-order valence-electron chi connectivity index (χ3n) is 0.736. The van der Waals surface area contributed by atoms with Crippen molar-refractivity contribution in [3.8, 4) is 0 Å². The minimum absolute atomic E-state index is 1.10. The fraction of sp³-hybridized carbons (Fsp3) is 0. The molecule has 0 amide bonds. The number of thiophene rings is 1. The molecule has 0 aliphatic heterocycles. The van der Waals surface area contributed by atoms with Crippen molar-refractivity contribution in [2.24, 2.45) is 5.73 Å². The van der Waals surface area contributed by atoms with Crippen LogP contribution in [0.1, 0.15) is 5.56 Å². The molecule has 37 valence electrons. The zero-order chi connectivity index (χ0) is 5.11. The van der Waals surface area contributed by atoms with Crippen LogP contribution in [0.3, 0.4) is 0 Å². The van der Waals surface area contributed by atoms with Crippen molar-refractivity contribution in [2.75, 3.05) is 0 Å². The summed E-state index contributed by atoms with van der Waals surface area (Å²) in [6.07, 6.45) is 0. The summed E-state index contributed by atoms with van der Waals surface area (Å²) in [4.78, 5) is 0. The highest BCUT2D eigenvalue weighted by molar-refractivity contribution is 7.08. The van der Waals surface area contributed by atoms with E-state index in [-0.39, 0.29) is 0 Å². The third kappa shape index (κ3) is 1.01. The molecule has 0 fully saturated rings. The molecule has 7 heavy (non-hydrogen) atoms. The van der Waals surface area contributed by atoms with Crippen molar-refractivity contribution in [3.05, 3.63) is 28.9 Å². The van der Waals surface area contributed by atoms with Gasteiger partial charge >= 0.3 is 0 Å². The molecule has 0 aromatic carbocycles. The Hall–Kier alpha value is -0.340. The van der Waals surface area contributed by atoms with Gasteiger partial charge in [0.15, 0.2) is 0 Å². The Morgan fingerprint density at radius 3 is 2.86 bits per heavy atom. The van der Waals surface area contributed by atoms with E-state index in [1.807, 2.05) is 16.8 Å². The van der Waals surface area contributed by atoms with Crippen LogP contribution in [-0.4, -0.2) is 0 Å². The van der Waals surface area contributed by atoms with E-state index in [1.54, 1.807) is 17.9 Å². The molecule has 0 unspecified atom stereocenters. The predicted octanol–water partition coefficient (Wildman–Crippen LogP) is 1.22. The lowest BCUT2D eigenvalue weighted by Crippen LogP contribution is -1.87. The first-order valence-corrected chi connectivity index (χ1v) is 2.95. The summed E-state index contributed by atoms with van der Waals surface area (Å²) < 4.78 is 0. The number of hydrogen-bond donors (Lipinski definition) is 1. The second kappa shape index (κ2) is 2.09. The Balaban J connectivity index is 2.76. The van der Waals surface area contributed by atoms with E-state index in [2.05, 4.69) is 0 Å². The van der Waals surface area contributed by atoms with Crippen LogP contribution in [0, 0.1) is 6.54 Å². The average molecular weight is 112 g/mol. The van der Waals surface area contributed by atoms with Crippen molar-refractivity contribution >= 4 is 11.3 Å². The molecule has 1 rings (SSSR count). The molecule has 1 radical (unpaired) electrons. The lowest BCUT2D eigenvalue weighted by atomic mass is 10.4. The molecule has 0 spiro atoms. The van der Waals surface area contributed by atoms with Crippen LogP contribution in [0.2, 0.25) is 0 Å². The lowest BCUT2D eigenvalue weighted by molar-refractivity contribution is 1.38. The van der Waals surface area contributed by atoms with Crippen LogP contribution in [0.15, 0.2) is 16.8 Å². The average Bonchev–Trinajstić information content (AvgIpc) is 2.14. The smallest absolute Gasteiger partial charge is 0.0499 e. The summed E-state index contributed by atoms with van der Waals surface area (Å²) >= 11 is 1.65. The number of rotatable bonds is 1. The predicted molar refractivity (Wildman–Crippen MR) is 31.9 cm³/mol. The standard InChI is InChI=1S/C5H6NS/c6-3-5-1-2-7-4-5/h1-4H,6H2. The molecule has 1 nitrogen and oxygen atoms in total. The van der Waals surface area contributed by atoms with E-state index in [9.17, 15) is 0 Å². The minimum atomic E-state index is 1.10. The molecule has 1 heterocycles. The Kier molecular flexibility index (Phi) is 1.44. The zero-order valence-corrected chi connectivity index (χ0v) is 4.61. The minimum Gasteiger partial charge on any atom is -0.322 e. The van der Waals surface area contributed by atoms with Crippen LogP contribution in [0.25, 0.3) is 0 Å². The van der Waals surface area contributed by atoms with E-state index in [4.69, 9.17) is 5.73 Å². The van der Waals surface area contributed by atoms with E-state index in [1.165, 1.54) is 0 Å². The van der Waals surface area contributed by atoms with Gasteiger partial charge in [0.25, 0.3) is 0 Å². The summed E-state index contributed by atoms with van der Waals surface area (Å²) in [5.74, 6) is 0. The van der Waals surface area contributed by atoms with Crippen LogP contribution >= 0.6 is 11.3 Å². The maximum atomic E-state index is 5.18. The van der Waals surface area contributed by atoms with Crippen molar-refractivity contribution < 1.29 is 0 Å². The molecule has 2 heteroatoms. The quantitative estimate of drug-likeness (QED) is 0.580. The van der Waals surface area contributed by atoms with Gasteiger partial charge in [-0.25, -0.2) is 0 Å². The molecule has 1 aromatic heterocycles. The van der Waals surface area contributed by atoms with E-state index in [0.717, 1.165) is 5.56 Å². The molecular formula is C5H6NS. The van der Waals surface area contributed by atoms with Crippen LogP contribution in [-0.2, 0) is 0 Å². The first-order chi connectivity index (χ1) is 3.43. The van der Waals surface area contributed by atoms with Gasteiger partial charge in [0.1, 0.15) is 0 Å². The topological polar surface area (TPSA) is 26.0 Å². The van der Waals surface area contributed by atoms with Gasteiger partial charge in [0.05, 0.1) is 0 Å². The van der Waals surface area contributed by atoms with Gasteiger partial charge < -0.3 is 5.73 Å². The monoisotopic (exact) mass is 112 g/mol. The van der Waals surface area contributed by atoms with Crippen LogP contribution in [0.5, 0.6) is 0 Å². The molecule has 0 aliphatic carbocycles. The fourth-order valence-electron chi connectivity index (χ4n) is 0.370. The summed E-state index contributed by atoms with van der Waals surface area (Å²) in [7, 11) is 0. The van der Waals surface area contributed by atoms with Gasteiger partial charge in [-0.1, -0.05) is 0 Å². The molecule has 2 N–H and O–H groups in total. The highest BCUT2D eigenvalue weighted by Gasteiger charge is 1.83. The first-order valence-electron chi connectivity index (χ1n) is 2.00. The summed E-state index contributed by atoms with van der Waals surface area (Å²) in [5.41, 5.74) is 6.28. The van der Waals surface area contributed by atoms with Crippen LogP contribution in [0.4, 0.5) is 0 Å². The van der Waals surface area contributed by atoms with Crippen molar-refractivity contribution in [1.82, 2.24) is 0 Å². The van der Waals surface area contributed by atoms with Gasteiger partial charge in [0.2, 0.25) is 0 Å². The highest BCUT2D eigenvalue weighted by Crippen LogP contribution is 2.04. The molecule has 0 saturated carbocycles. The number of hydrogen-bond acceptors (Lipinski definition) is 2. The summed E-state index contributed by atoms with van der Waals surface area (Å²) in [6, 6.07) is 1.98. The SMILES string of the molecule is N[CH]c1ccsc1. The maximum Gasteiger partial charge on any atom is 0.0499 e. The van der Waals surface area contributed by atoms with E-state index >= 15 is 0 Å². The first kappa shape index (κ1) is 4.81.